The highest BCUT2D eigenvalue weighted by Crippen LogP contribution is 2.26. The first-order valence-electron chi connectivity index (χ1n) is 9.61. The van der Waals surface area contributed by atoms with Crippen LogP contribution < -0.4 is 15.4 Å². The number of ether oxygens (including phenoxy) is 1. The molecule has 5 nitrogen and oxygen atoms in total. The summed E-state index contributed by atoms with van der Waals surface area (Å²) in [5, 5.41) is 7.72. The molecule has 2 N–H and O–H groups in total. The second-order valence-corrected chi connectivity index (χ2v) is 7.98. The van der Waals surface area contributed by atoms with Crippen molar-refractivity contribution in [1.29, 1.82) is 0 Å². The van der Waals surface area contributed by atoms with E-state index in [1.807, 2.05) is 63.2 Å². The number of hydrogen-bond donors (Lipinski definition) is 2. The van der Waals surface area contributed by atoms with Crippen LogP contribution in [0.15, 0.2) is 66.7 Å². The molecule has 0 bridgehead atoms. The highest BCUT2D eigenvalue weighted by atomic mass is 16.5. The van der Waals surface area contributed by atoms with Gasteiger partial charge in [-0.15, -0.1) is 0 Å². The standard InChI is InChI=1S/C24H26N2O3/c1-16(29-21-15-9-11-17-10-5-6-12-18(17)21)22(27)25-20-14-8-7-13-19(20)23(28)26-24(2,3)4/h5-16H,1-4H3,(H,25,27)(H,26,28)/t16-/m0/s1. The fraction of sp³-hybridized carbons (Fsp3) is 0.250. The average molecular weight is 390 g/mol. The summed E-state index contributed by atoms with van der Waals surface area (Å²) in [4.78, 5) is 25.3. The first-order valence-corrected chi connectivity index (χ1v) is 9.61. The van der Waals surface area contributed by atoms with Gasteiger partial charge in [-0.1, -0.05) is 48.5 Å². The molecule has 29 heavy (non-hydrogen) atoms. The normalized spacial score (nSPS) is 12.3. The van der Waals surface area contributed by atoms with E-state index in [4.69, 9.17) is 4.74 Å². The molecule has 0 fully saturated rings. The number of benzene rings is 3. The van der Waals surface area contributed by atoms with Crippen molar-refractivity contribution < 1.29 is 14.3 Å². The summed E-state index contributed by atoms with van der Waals surface area (Å²) in [5.74, 6) is 0.0782. The summed E-state index contributed by atoms with van der Waals surface area (Å²) in [5.41, 5.74) is 0.486. The van der Waals surface area contributed by atoms with Crippen LogP contribution in [0.5, 0.6) is 5.75 Å². The number of para-hydroxylation sites is 1. The maximum absolute atomic E-state index is 12.7. The van der Waals surface area contributed by atoms with Crippen molar-refractivity contribution in [2.75, 3.05) is 5.32 Å². The van der Waals surface area contributed by atoms with E-state index in [0.29, 0.717) is 17.0 Å². The average Bonchev–Trinajstić information content (AvgIpc) is 2.67. The van der Waals surface area contributed by atoms with E-state index in [1.54, 1.807) is 31.2 Å². The number of nitrogens with one attached hydrogen (secondary N) is 2. The van der Waals surface area contributed by atoms with Crippen molar-refractivity contribution in [1.82, 2.24) is 5.32 Å². The van der Waals surface area contributed by atoms with Gasteiger partial charge in [-0.2, -0.15) is 0 Å². The fourth-order valence-electron chi connectivity index (χ4n) is 2.97. The number of fused-ring (bicyclic) bond motifs is 1. The number of rotatable bonds is 5. The SMILES string of the molecule is C[C@H](Oc1cccc2ccccc12)C(=O)Nc1ccccc1C(=O)NC(C)(C)C. The summed E-state index contributed by atoms with van der Waals surface area (Å²) in [7, 11) is 0. The first-order chi connectivity index (χ1) is 13.7. The highest BCUT2D eigenvalue weighted by molar-refractivity contribution is 6.05. The van der Waals surface area contributed by atoms with Crippen LogP contribution in [0.3, 0.4) is 0 Å². The maximum atomic E-state index is 12.7. The van der Waals surface area contributed by atoms with Gasteiger partial charge < -0.3 is 15.4 Å². The third-order valence-corrected chi connectivity index (χ3v) is 4.34. The number of carbonyl (C=O) groups is 2. The Hall–Kier alpha value is -3.34. The van der Waals surface area contributed by atoms with E-state index in [-0.39, 0.29) is 17.4 Å². The molecule has 2 amide bonds. The Morgan fingerprint density at radius 2 is 1.55 bits per heavy atom. The van der Waals surface area contributed by atoms with Crippen LogP contribution in [0.1, 0.15) is 38.1 Å². The molecule has 0 radical (unpaired) electrons. The molecule has 0 saturated heterocycles. The van der Waals surface area contributed by atoms with Gasteiger partial charge in [-0.25, -0.2) is 0 Å². The molecule has 3 rings (SSSR count). The molecule has 0 aromatic heterocycles. The predicted octanol–water partition coefficient (Wildman–Crippen LogP) is 4.77. The van der Waals surface area contributed by atoms with Crippen LogP contribution in [-0.2, 0) is 4.79 Å². The second-order valence-electron chi connectivity index (χ2n) is 7.98. The van der Waals surface area contributed by atoms with Crippen LogP contribution in [0.25, 0.3) is 10.8 Å². The van der Waals surface area contributed by atoms with Crippen LogP contribution in [-0.4, -0.2) is 23.5 Å². The van der Waals surface area contributed by atoms with Gasteiger partial charge in [-0.05, 0) is 51.3 Å². The van der Waals surface area contributed by atoms with Gasteiger partial charge >= 0.3 is 0 Å². The van der Waals surface area contributed by atoms with Gasteiger partial charge in [-0.3, -0.25) is 9.59 Å². The van der Waals surface area contributed by atoms with Gasteiger partial charge in [0.2, 0.25) is 0 Å². The zero-order valence-corrected chi connectivity index (χ0v) is 17.2. The quantitative estimate of drug-likeness (QED) is 0.659. The number of amides is 2. The van der Waals surface area contributed by atoms with Crippen LogP contribution in [0.2, 0.25) is 0 Å². The second kappa shape index (κ2) is 8.35. The Balaban J connectivity index is 1.76. The van der Waals surface area contributed by atoms with Crippen LogP contribution in [0.4, 0.5) is 5.69 Å². The molecule has 1 atom stereocenters. The molecule has 0 heterocycles. The lowest BCUT2D eigenvalue weighted by atomic mass is 10.1. The molecule has 0 spiro atoms. The minimum Gasteiger partial charge on any atom is -0.480 e. The molecule has 0 saturated carbocycles. The topological polar surface area (TPSA) is 67.4 Å². The van der Waals surface area contributed by atoms with Crippen LogP contribution >= 0.6 is 0 Å². The van der Waals surface area contributed by atoms with E-state index in [2.05, 4.69) is 10.6 Å². The molecule has 0 aliphatic heterocycles. The van der Waals surface area contributed by atoms with Gasteiger partial charge in [0, 0.05) is 10.9 Å². The lowest BCUT2D eigenvalue weighted by molar-refractivity contribution is -0.122. The fourth-order valence-corrected chi connectivity index (χ4v) is 2.97. The van der Waals surface area contributed by atoms with E-state index in [9.17, 15) is 9.59 Å². The lowest BCUT2D eigenvalue weighted by Gasteiger charge is -2.22. The summed E-state index contributed by atoms with van der Waals surface area (Å²) >= 11 is 0. The zero-order valence-electron chi connectivity index (χ0n) is 17.2. The highest BCUT2D eigenvalue weighted by Gasteiger charge is 2.21. The monoisotopic (exact) mass is 390 g/mol. The molecule has 150 valence electrons. The van der Waals surface area contributed by atoms with Crippen molar-refractivity contribution >= 4 is 28.3 Å². The first kappa shape index (κ1) is 20.4. The summed E-state index contributed by atoms with van der Waals surface area (Å²) < 4.78 is 5.93. The van der Waals surface area contributed by atoms with Gasteiger partial charge in [0.1, 0.15) is 5.75 Å². The predicted molar refractivity (Wildman–Crippen MR) is 116 cm³/mol. The maximum Gasteiger partial charge on any atom is 0.265 e. The van der Waals surface area contributed by atoms with Gasteiger partial charge in [0.15, 0.2) is 6.10 Å². The minimum absolute atomic E-state index is 0.240. The number of hydrogen-bond acceptors (Lipinski definition) is 3. The third kappa shape index (κ3) is 5.13. The lowest BCUT2D eigenvalue weighted by Crippen LogP contribution is -2.41. The molecule has 5 heteroatoms. The van der Waals surface area contributed by atoms with E-state index in [1.165, 1.54) is 0 Å². The van der Waals surface area contributed by atoms with Crippen molar-refractivity contribution in [2.24, 2.45) is 0 Å². The summed E-state index contributed by atoms with van der Waals surface area (Å²) in [6, 6.07) is 20.5. The summed E-state index contributed by atoms with van der Waals surface area (Å²) in [6.07, 6.45) is -0.737. The Morgan fingerprint density at radius 3 is 2.31 bits per heavy atom. The largest absolute Gasteiger partial charge is 0.480 e. The van der Waals surface area contributed by atoms with E-state index >= 15 is 0 Å². The Bertz CT molecular complexity index is 1030. The molecular weight excluding hydrogens is 364 g/mol. The Morgan fingerprint density at radius 1 is 0.897 bits per heavy atom. The molecule has 0 aliphatic rings. The van der Waals surface area contributed by atoms with Crippen molar-refractivity contribution in [3.63, 3.8) is 0 Å². The molecule has 3 aromatic rings. The van der Waals surface area contributed by atoms with E-state index in [0.717, 1.165) is 10.8 Å². The molecule has 0 aliphatic carbocycles. The van der Waals surface area contributed by atoms with Gasteiger partial charge in [0.05, 0.1) is 11.3 Å². The van der Waals surface area contributed by atoms with Crippen molar-refractivity contribution in [2.45, 2.75) is 39.3 Å². The van der Waals surface area contributed by atoms with Crippen LogP contribution in [0, 0.1) is 0 Å². The molecule has 0 unspecified atom stereocenters. The van der Waals surface area contributed by atoms with Crippen molar-refractivity contribution in [3.8, 4) is 5.75 Å². The number of carbonyl (C=O) groups excluding carboxylic acids is 2. The van der Waals surface area contributed by atoms with E-state index < -0.39 is 6.10 Å². The zero-order chi connectivity index (χ0) is 21.0. The Labute approximate surface area is 171 Å². The summed E-state index contributed by atoms with van der Waals surface area (Å²) in [6.45, 7) is 7.42. The third-order valence-electron chi connectivity index (χ3n) is 4.34. The van der Waals surface area contributed by atoms with Crippen molar-refractivity contribution in [3.05, 3.63) is 72.3 Å². The van der Waals surface area contributed by atoms with Gasteiger partial charge in [0.25, 0.3) is 11.8 Å². The minimum atomic E-state index is -0.737. The Kier molecular flexibility index (Phi) is 5.87. The number of anilines is 1. The molecular formula is C24H26N2O3. The smallest absolute Gasteiger partial charge is 0.265 e. The molecule has 3 aromatic carbocycles.